The molecular formula is C11H12N6S2. The second kappa shape index (κ2) is 5.14. The molecule has 0 aliphatic rings. The number of nitrogen functional groups attached to an aromatic ring is 1. The van der Waals surface area contributed by atoms with Gasteiger partial charge in [-0.25, -0.2) is 19.6 Å². The van der Waals surface area contributed by atoms with Gasteiger partial charge in [0.15, 0.2) is 5.16 Å². The number of aryl methyl sites for hydroxylation is 1. The summed E-state index contributed by atoms with van der Waals surface area (Å²) in [6, 6.07) is 1.94. The fraction of sp³-hybridized carbons (Fsp3) is 0.273. The molecule has 0 fully saturated rings. The molecule has 0 unspecified atom stereocenters. The minimum Gasteiger partial charge on any atom is -0.383 e. The van der Waals surface area contributed by atoms with Crippen LogP contribution in [0.2, 0.25) is 0 Å². The van der Waals surface area contributed by atoms with Crippen molar-refractivity contribution in [3.63, 3.8) is 0 Å². The van der Waals surface area contributed by atoms with Gasteiger partial charge in [0.25, 0.3) is 0 Å². The zero-order valence-corrected chi connectivity index (χ0v) is 11.9. The summed E-state index contributed by atoms with van der Waals surface area (Å²) in [5.74, 6) is 2.14. The van der Waals surface area contributed by atoms with Crippen LogP contribution in [-0.2, 0) is 12.3 Å². The van der Waals surface area contributed by atoms with Gasteiger partial charge < -0.3 is 5.73 Å². The van der Waals surface area contributed by atoms with Crippen LogP contribution in [0.5, 0.6) is 0 Å². The number of thioether (sulfide) groups is 1. The maximum atomic E-state index is 5.92. The zero-order valence-electron chi connectivity index (χ0n) is 10.3. The standard InChI is InChI=1S/C11H12N6S2/c1-2-17-8(13-6-14-17)5-19-11-15-9(12)7-3-4-18-10(7)16-11/h3-4,6H,2,5H2,1H3,(H2,12,15,16). The monoisotopic (exact) mass is 292 g/mol. The van der Waals surface area contributed by atoms with Crippen LogP contribution in [0.3, 0.4) is 0 Å². The molecule has 2 N–H and O–H groups in total. The number of hydrogen-bond acceptors (Lipinski definition) is 7. The van der Waals surface area contributed by atoms with Crippen LogP contribution in [0.4, 0.5) is 5.82 Å². The highest BCUT2D eigenvalue weighted by Gasteiger charge is 2.09. The number of nitrogens with zero attached hydrogens (tertiary/aromatic N) is 5. The molecule has 3 rings (SSSR count). The molecule has 0 aromatic carbocycles. The van der Waals surface area contributed by atoms with Crippen LogP contribution in [0.1, 0.15) is 12.7 Å². The van der Waals surface area contributed by atoms with E-state index in [1.54, 1.807) is 17.7 Å². The van der Waals surface area contributed by atoms with E-state index >= 15 is 0 Å². The van der Waals surface area contributed by atoms with E-state index in [9.17, 15) is 0 Å². The van der Waals surface area contributed by atoms with E-state index in [4.69, 9.17) is 5.73 Å². The van der Waals surface area contributed by atoms with Crippen molar-refractivity contribution in [2.75, 3.05) is 5.73 Å². The van der Waals surface area contributed by atoms with E-state index in [2.05, 4.69) is 20.1 Å². The van der Waals surface area contributed by atoms with Crippen LogP contribution in [-0.4, -0.2) is 24.7 Å². The molecule has 0 saturated carbocycles. The third-order valence-electron chi connectivity index (χ3n) is 2.66. The third kappa shape index (κ3) is 2.41. The summed E-state index contributed by atoms with van der Waals surface area (Å²) >= 11 is 3.09. The summed E-state index contributed by atoms with van der Waals surface area (Å²) in [6.45, 7) is 2.85. The molecule has 8 heteroatoms. The van der Waals surface area contributed by atoms with E-state index in [0.29, 0.717) is 16.7 Å². The first-order chi connectivity index (χ1) is 9.28. The van der Waals surface area contributed by atoms with Gasteiger partial charge in [-0.3, -0.25) is 0 Å². The molecule has 19 heavy (non-hydrogen) atoms. The largest absolute Gasteiger partial charge is 0.383 e. The molecule has 0 amide bonds. The van der Waals surface area contributed by atoms with Gasteiger partial charge in [0.05, 0.1) is 11.1 Å². The van der Waals surface area contributed by atoms with Crippen molar-refractivity contribution in [1.82, 2.24) is 24.7 Å². The van der Waals surface area contributed by atoms with Gasteiger partial charge in [0.1, 0.15) is 22.8 Å². The summed E-state index contributed by atoms with van der Waals surface area (Å²) in [4.78, 5) is 13.9. The molecule has 3 heterocycles. The highest BCUT2D eigenvalue weighted by molar-refractivity contribution is 7.98. The van der Waals surface area contributed by atoms with E-state index in [1.807, 2.05) is 23.1 Å². The molecule has 3 aromatic heterocycles. The minimum absolute atomic E-state index is 0.533. The molecule has 0 atom stereocenters. The van der Waals surface area contributed by atoms with Crippen molar-refractivity contribution in [1.29, 1.82) is 0 Å². The first-order valence-corrected chi connectivity index (χ1v) is 7.64. The van der Waals surface area contributed by atoms with Gasteiger partial charge in [-0.15, -0.1) is 11.3 Å². The van der Waals surface area contributed by atoms with Crippen molar-refractivity contribution in [2.45, 2.75) is 24.4 Å². The zero-order chi connectivity index (χ0) is 13.2. The van der Waals surface area contributed by atoms with Gasteiger partial charge in [-0.1, -0.05) is 11.8 Å². The van der Waals surface area contributed by atoms with Gasteiger partial charge in [0.2, 0.25) is 0 Å². The number of aromatic nitrogens is 5. The maximum absolute atomic E-state index is 5.92. The van der Waals surface area contributed by atoms with Crippen LogP contribution in [0, 0.1) is 0 Å². The molecule has 0 spiro atoms. The molecule has 6 nitrogen and oxygen atoms in total. The molecule has 98 valence electrons. The lowest BCUT2D eigenvalue weighted by atomic mass is 10.4. The van der Waals surface area contributed by atoms with E-state index < -0.39 is 0 Å². The minimum atomic E-state index is 0.533. The Bertz CT molecular complexity index is 704. The lowest BCUT2D eigenvalue weighted by molar-refractivity contribution is 0.632. The summed E-state index contributed by atoms with van der Waals surface area (Å²) in [5, 5.41) is 7.71. The average molecular weight is 292 g/mol. The number of thiophene rings is 1. The van der Waals surface area contributed by atoms with Crippen molar-refractivity contribution in [2.24, 2.45) is 0 Å². The van der Waals surface area contributed by atoms with Crippen molar-refractivity contribution in [3.8, 4) is 0 Å². The number of rotatable bonds is 4. The quantitative estimate of drug-likeness (QED) is 0.586. The summed E-state index contributed by atoms with van der Waals surface area (Å²) < 4.78 is 1.86. The van der Waals surface area contributed by atoms with E-state index in [-0.39, 0.29) is 0 Å². The summed E-state index contributed by atoms with van der Waals surface area (Å²) in [5.41, 5.74) is 5.92. The second-order valence-electron chi connectivity index (χ2n) is 3.81. The topological polar surface area (TPSA) is 82.5 Å². The van der Waals surface area contributed by atoms with Gasteiger partial charge in [-0.2, -0.15) is 5.10 Å². The Balaban J connectivity index is 1.82. The number of nitrogens with two attached hydrogens (primary N) is 1. The Kier molecular flexibility index (Phi) is 3.34. The van der Waals surface area contributed by atoms with Crippen molar-refractivity contribution in [3.05, 3.63) is 23.6 Å². The fourth-order valence-electron chi connectivity index (χ4n) is 1.72. The molecule has 0 bridgehead atoms. The Hall–Kier alpha value is -1.67. The Morgan fingerprint density at radius 1 is 1.42 bits per heavy atom. The number of fused-ring (bicyclic) bond motifs is 1. The van der Waals surface area contributed by atoms with Crippen molar-refractivity contribution < 1.29 is 0 Å². The van der Waals surface area contributed by atoms with Crippen LogP contribution < -0.4 is 5.73 Å². The molecule has 0 radical (unpaired) electrons. The first kappa shape index (κ1) is 12.4. The second-order valence-corrected chi connectivity index (χ2v) is 5.65. The van der Waals surface area contributed by atoms with Gasteiger partial charge in [-0.05, 0) is 18.4 Å². The number of hydrogen-bond donors (Lipinski definition) is 1. The molecule has 3 aromatic rings. The molecule has 0 aliphatic carbocycles. The van der Waals surface area contributed by atoms with Crippen molar-refractivity contribution >= 4 is 39.1 Å². The van der Waals surface area contributed by atoms with Gasteiger partial charge in [0, 0.05) is 6.54 Å². The highest BCUT2D eigenvalue weighted by atomic mass is 32.2. The van der Waals surface area contributed by atoms with Crippen LogP contribution in [0.25, 0.3) is 10.2 Å². The number of anilines is 1. The predicted octanol–water partition coefficient (Wildman–Crippen LogP) is 2.18. The lowest BCUT2D eigenvalue weighted by Crippen LogP contribution is -2.02. The Morgan fingerprint density at radius 2 is 2.32 bits per heavy atom. The van der Waals surface area contributed by atoms with E-state index in [0.717, 1.165) is 22.6 Å². The SMILES string of the molecule is CCn1ncnc1CSc1nc(N)c2ccsc2n1. The lowest BCUT2D eigenvalue weighted by Gasteiger charge is -2.03. The average Bonchev–Trinajstić information content (AvgIpc) is 3.04. The summed E-state index contributed by atoms with van der Waals surface area (Å²) in [6.07, 6.45) is 1.57. The molecule has 0 saturated heterocycles. The molecular weight excluding hydrogens is 280 g/mol. The summed E-state index contributed by atoms with van der Waals surface area (Å²) in [7, 11) is 0. The van der Waals surface area contributed by atoms with Crippen LogP contribution in [0.15, 0.2) is 22.9 Å². The van der Waals surface area contributed by atoms with Gasteiger partial charge >= 0.3 is 0 Å². The first-order valence-electron chi connectivity index (χ1n) is 5.78. The smallest absolute Gasteiger partial charge is 0.191 e. The highest BCUT2D eigenvalue weighted by Crippen LogP contribution is 2.27. The fourth-order valence-corrected chi connectivity index (χ4v) is 3.35. The van der Waals surface area contributed by atoms with Crippen LogP contribution >= 0.6 is 23.1 Å². The third-order valence-corrected chi connectivity index (χ3v) is 4.31. The Morgan fingerprint density at radius 3 is 3.16 bits per heavy atom. The molecule has 0 aliphatic heterocycles. The van der Waals surface area contributed by atoms with E-state index in [1.165, 1.54) is 11.8 Å². The maximum Gasteiger partial charge on any atom is 0.191 e. The normalized spacial score (nSPS) is 11.2. The predicted molar refractivity (Wildman–Crippen MR) is 77.1 cm³/mol. The Labute approximate surface area is 118 Å².